The molecule has 29 heavy (non-hydrogen) atoms. The predicted octanol–water partition coefficient (Wildman–Crippen LogP) is 4.56. The molecule has 0 radical (unpaired) electrons. The third-order valence-corrected chi connectivity index (χ3v) is 3.87. The second-order valence-corrected chi connectivity index (χ2v) is 6.13. The largest absolute Gasteiger partial charge is 0.457 e. The SMILES string of the molecule is Cc1cc(Nc2cc(C(=O)Nc3ccc(Oc4ccccc4)cc3)ncn2)no1. The molecule has 0 atom stereocenters. The summed E-state index contributed by atoms with van der Waals surface area (Å²) in [5.74, 6) is 2.66. The number of hydrogen-bond acceptors (Lipinski definition) is 7. The van der Waals surface area contributed by atoms with Crippen LogP contribution in [0.5, 0.6) is 11.5 Å². The van der Waals surface area contributed by atoms with E-state index in [0.717, 1.165) is 5.75 Å². The van der Waals surface area contributed by atoms with Gasteiger partial charge in [0.25, 0.3) is 5.91 Å². The maximum absolute atomic E-state index is 12.5. The van der Waals surface area contributed by atoms with Crippen molar-refractivity contribution in [2.24, 2.45) is 0 Å². The van der Waals surface area contributed by atoms with Gasteiger partial charge in [0.05, 0.1) is 0 Å². The Balaban J connectivity index is 1.40. The van der Waals surface area contributed by atoms with Crippen LogP contribution in [0.25, 0.3) is 0 Å². The number of nitrogens with one attached hydrogen (secondary N) is 2. The van der Waals surface area contributed by atoms with Crippen molar-refractivity contribution in [3.05, 3.63) is 84.5 Å². The Morgan fingerprint density at radius 2 is 1.69 bits per heavy atom. The topological polar surface area (TPSA) is 102 Å². The lowest BCUT2D eigenvalue weighted by molar-refractivity contribution is 0.102. The zero-order valence-corrected chi connectivity index (χ0v) is 15.5. The molecule has 0 aliphatic heterocycles. The molecule has 2 heterocycles. The third-order valence-electron chi connectivity index (χ3n) is 3.87. The molecule has 1 amide bonds. The van der Waals surface area contributed by atoms with E-state index in [1.807, 2.05) is 30.3 Å². The molecule has 8 heteroatoms. The molecule has 0 aliphatic carbocycles. The molecule has 144 valence electrons. The maximum atomic E-state index is 12.5. The van der Waals surface area contributed by atoms with Crippen molar-refractivity contribution < 1.29 is 14.1 Å². The van der Waals surface area contributed by atoms with Gasteiger partial charge >= 0.3 is 0 Å². The Bertz CT molecular complexity index is 1110. The summed E-state index contributed by atoms with van der Waals surface area (Å²) in [6, 6.07) is 19.8. The first kappa shape index (κ1) is 18.2. The van der Waals surface area contributed by atoms with Crippen LogP contribution >= 0.6 is 0 Å². The van der Waals surface area contributed by atoms with E-state index in [4.69, 9.17) is 9.26 Å². The van der Waals surface area contributed by atoms with Crippen LogP contribution in [0.15, 0.2) is 77.6 Å². The Labute approximate surface area is 166 Å². The van der Waals surface area contributed by atoms with E-state index in [0.29, 0.717) is 28.8 Å². The van der Waals surface area contributed by atoms with Crippen LogP contribution in [0.3, 0.4) is 0 Å². The fraction of sp³-hybridized carbons (Fsp3) is 0.0476. The minimum absolute atomic E-state index is 0.215. The summed E-state index contributed by atoms with van der Waals surface area (Å²) in [6.07, 6.45) is 1.31. The molecule has 0 unspecified atom stereocenters. The molecule has 0 bridgehead atoms. The van der Waals surface area contributed by atoms with E-state index in [-0.39, 0.29) is 11.6 Å². The number of benzene rings is 2. The van der Waals surface area contributed by atoms with E-state index in [1.165, 1.54) is 12.4 Å². The lowest BCUT2D eigenvalue weighted by Crippen LogP contribution is -2.14. The summed E-state index contributed by atoms with van der Waals surface area (Å²) >= 11 is 0. The highest BCUT2D eigenvalue weighted by atomic mass is 16.5. The van der Waals surface area contributed by atoms with Crippen molar-refractivity contribution in [2.75, 3.05) is 10.6 Å². The van der Waals surface area contributed by atoms with Crippen molar-refractivity contribution in [3.8, 4) is 11.5 Å². The van der Waals surface area contributed by atoms with Gasteiger partial charge in [0.2, 0.25) is 0 Å². The summed E-state index contributed by atoms with van der Waals surface area (Å²) < 4.78 is 10.7. The highest BCUT2D eigenvalue weighted by molar-refractivity contribution is 6.03. The first-order chi connectivity index (χ1) is 14.2. The van der Waals surface area contributed by atoms with Crippen LogP contribution in [0, 0.1) is 6.92 Å². The minimum atomic E-state index is -0.358. The Hall–Kier alpha value is -4.20. The molecule has 0 aliphatic rings. The van der Waals surface area contributed by atoms with Crippen LogP contribution in [0.2, 0.25) is 0 Å². The molecule has 4 rings (SSSR count). The number of rotatable bonds is 6. The summed E-state index contributed by atoms with van der Waals surface area (Å²) in [5, 5.41) is 9.59. The number of ether oxygens (including phenoxy) is 1. The minimum Gasteiger partial charge on any atom is -0.457 e. The average molecular weight is 387 g/mol. The second kappa shape index (κ2) is 8.22. The van der Waals surface area contributed by atoms with Crippen molar-refractivity contribution in [1.82, 2.24) is 15.1 Å². The lowest BCUT2D eigenvalue weighted by atomic mass is 10.2. The molecule has 2 aromatic carbocycles. The molecular weight excluding hydrogens is 370 g/mol. The van der Waals surface area contributed by atoms with Crippen LogP contribution in [-0.4, -0.2) is 21.0 Å². The zero-order chi connectivity index (χ0) is 20.1. The van der Waals surface area contributed by atoms with Gasteiger partial charge in [-0.15, -0.1) is 0 Å². The number of para-hydroxylation sites is 1. The van der Waals surface area contributed by atoms with Crippen molar-refractivity contribution >= 4 is 23.2 Å². The predicted molar refractivity (Wildman–Crippen MR) is 107 cm³/mol. The van der Waals surface area contributed by atoms with Crippen molar-refractivity contribution in [2.45, 2.75) is 6.92 Å². The van der Waals surface area contributed by atoms with E-state index in [1.54, 1.807) is 37.3 Å². The lowest BCUT2D eigenvalue weighted by Gasteiger charge is -2.08. The summed E-state index contributed by atoms with van der Waals surface area (Å²) in [4.78, 5) is 20.6. The van der Waals surface area contributed by atoms with Gasteiger partial charge in [-0.25, -0.2) is 9.97 Å². The normalized spacial score (nSPS) is 10.4. The standard InChI is InChI=1S/C21H17N5O3/c1-14-11-20(26-29-14)25-19-12-18(22-13-23-19)21(27)24-15-7-9-17(10-8-15)28-16-5-3-2-4-6-16/h2-13H,1H3,(H,24,27)(H,22,23,25,26). The molecule has 0 saturated heterocycles. The van der Waals surface area contributed by atoms with Crippen LogP contribution in [0.1, 0.15) is 16.2 Å². The molecule has 2 N–H and O–H groups in total. The quantitative estimate of drug-likeness (QED) is 0.500. The summed E-state index contributed by atoms with van der Waals surface area (Å²) in [7, 11) is 0. The van der Waals surface area contributed by atoms with Gasteiger partial charge in [0.1, 0.15) is 35.1 Å². The van der Waals surface area contributed by atoms with E-state index in [2.05, 4.69) is 25.8 Å². The van der Waals surface area contributed by atoms with E-state index in [9.17, 15) is 4.79 Å². The highest BCUT2D eigenvalue weighted by Gasteiger charge is 2.10. The van der Waals surface area contributed by atoms with E-state index < -0.39 is 0 Å². The number of aromatic nitrogens is 3. The molecule has 0 spiro atoms. The molecular formula is C21H17N5O3. The third kappa shape index (κ3) is 4.75. The number of nitrogens with zero attached hydrogens (tertiary/aromatic N) is 3. The van der Waals surface area contributed by atoms with E-state index >= 15 is 0 Å². The smallest absolute Gasteiger partial charge is 0.274 e. The first-order valence-electron chi connectivity index (χ1n) is 8.82. The van der Waals surface area contributed by atoms with Gasteiger partial charge in [0.15, 0.2) is 5.82 Å². The Kier molecular flexibility index (Phi) is 5.15. The van der Waals surface area contributed by atoms with Crippen LogP contribution < -0.4 is 15.4 Å². The average Bonchev–Trinajstić information content (AvgIpc) is 3.15. The van der Waals surface area contributed by atoms with Gasteiger partial charge in [0, 0.05) is 17.8 Å². The number of aryl methyl sites for hydroxylation is 1. The van der Waals surface area contributed by atoms with Gasteiger partial charge in [-0.1, -0.05) is 23.4 Å². The van der Waals surface area contributed by atoms with Crippen LogP contribution in [0.4, 0.5) is 17.3 Å². The maximum Gasteiger partial charge on any atom is 0.274 e. The first-order valence-corrected chi connectivity index (χ1v) is 8.82. The monoisotopic (exact) mass is 387 g/mol. The molecule has 8 nitrogen and oxygen atoms in total. The number of anilines is 3. The fourth-order valence-electron chi connectivity index (χ4n) is 2.53. The molecule has 0 fully saturated rings. The van der Waals surface area contributed by atoms with Crippen molar-refractivity contribution in [1.29, 1.82) is 0 Å². The second-order valence-electron chi connectivity index (χ2n) is 6.13. The van der Waals surface area contributed by atoms with Gasteiger partial charge < -0.3 is 19.9 Å². The fourth-order valence-corrected chi connectivity index (χ4v) is 2.53. The molecule has 0 saturated carbocycles. The van der Waals surface area contributed by atoms with Gasteiger partial charge in [-0.2, -0.15) is 0 Å². The number of hydrogen-bond donors (Lipinski definition) is 2. The number of amides is 1. The van der Waals surface area contributed by atoms with Crippen LogP contribution in [-0.2, 0) is 0 Å². The summed E-state index contributed by atoms with van der Waals surface area (Å²) in [5.41, 5.74) is 0.836. The zero-order valence-electron chi connectivity index (χ0n) is 15.5. The van der Waals surface area contributed by atoms with Crippen molar-refractivity contribution in [3.63, 3.8) is 0 Å². The summed E-state index contributed by atoms with van der Waals surface area (Å²) in [6.45, 7) is 1.78. The van der Waals surface area contributed by atoms with Gasteiger partial charge in [-0.3, -0.25) is 4.79 Å². The Morgan fingerprint density at radius 1 is 0.931 bits per heavy atom. The molecule has 2 aromatic heterocycles. The number of carbonyl (C=O) groups is 1. The Morgan fingerprint density at radius 3 is 2.41 bits per heavy atom. The molecule has 4 aromatic rings. The van der Waals surface area contributed by atoms with Gasteiger partial charge in [-0.05, 0) is 43.3 Å². The number of carbonyl (C=O) groups excluding carboxylic acids is 1. The highest BCUT2D eigenvalue weighted by Crippen LogP contribution is 2.23.